The molecule has 1 aromatic carbocycles. The lowest BCUT2D eigenvalue weighted by molar-refractivity contribution is 1.41. The molecule has 1 rings (SSSR count). The van der Waals surface area contributed by atoms with Gasteiger partial charge >= 0.3 is 0 Å². The monoisotopic (exact) mass is 133 g/mol. The minimum Gasteiger partial charge on any atom is -0.0615 e. The first-order chi connectivity index (χ1) is 4.83. The lowest BCUT2D eigenvalue weighted by Gasteiger charge is -1.91. The van der Waals surface area contributed by atoms with Gasteiger partial charge in [0, 0.05) is 10.6 Å². The second kappa shape index (κ2) is 2.90. The van der Waals surface area contributed by atoms with Crippen LogP contribution in [-0.2, 0) is 0 Å². The van der Waals surface area contributed by atoms with E-state index in [1.54, 1.807) is 6.07 Å². The summed E-state index contributed by atoms with van der Waals surface area (Å²) in [5, 5.41) is 3.45. The van der Waals surface area contributed by atoms with E-state index in [-0.39, 0.29) is 0 Å². The fourth-order valence-electron chi connectivity index (χ4n) is 0.742. The molecule has 0 heterocycles. The zero-order valence-corrected chi connectivity index (χ0v) is 5.65. The van der Waals surface area contributed by atoms with Crippen molar-refractivity contribution in [3.8, 4) is 0 Å². The van der Waals surface area contributed by atoms with E-state index in [0.717, 1.165) is 5.56 Å². The van der Waals surface area contributed by atoms with Crippen molar-refractivity contribution in [3.05, 3.63) is 40.3 Å². The van der Waals surface area contributed by atoms with Crippen molar-refractivity contribution in [1.82, 2.24) is 0 Å². The summed E-state index contributed by atoms with van der Waals surface area (Å²) in [7, 11) is 0. The van der Waals surface area contributed by atoms with E-state index in [9.17, 15) is 0 Å². The molecule has 50 valence electrons. The van der Waals surface area contributed by atoms with Crippen LogP contribution in [0.4, 0.5) is 5.69 Å². The topological polar surface area (TPSA) is 48.8 Å². The van der Waals surface area contributed by atoms with Crippen LogP contribution < -0.4 is 0 Å². The zero-order valence-electron chi connectivity index (χ0n) is 5.65. The van der Waals surface area contributed by atoms with Gasteiger partial charge in [-0.25, -0.2) is 0 Å². The molecular weight excluding hydrogens is 126 g/mol. The van der Waals surface area contributed by atoms with Gasteiger partial charge in [0.05, 0.1) is 0 Å². The molecule has 0 saturated heterocycles. The van der Waals surface area contributed by atoms with E-state index in [0.29, 0.717) is 5.69 Å². The minimum atomic E-state index is 0.669. The molecule has 10 heavy (non-hydrogen) atoms. The average molecular weight is 133 g/mol. The standard InChI is InChI=1S/C7H7N3/c1-6-3-2-4-7(5-6)9-10-8/h2-5H,1H3. The number of hydrogen-bond acceptors (Lipinski definition) is 1. The second-order valence-corrected chi connectivity index (χ2v) is 2.03. The fourth-order valence-corrected chi connectivity index (χ4v) is 0.742. The summed E-state index contributed by atoms with van der Waals surface area (Å²) in [6.45, 7) is 1.95. The summed E-state index contributed by atoms with van der Waals surface area (Å²) in [6, 6.07) is 7.42. The van der Waals surface area contributed by atoms with Gasteiger partial charge in [0.2, 0.25) is 0 Å². The quantitative estimate of drug-likeness (QED) is 0.321. The largest absolute Gasteiger partial charge is 0.0615 e. The third-order valence-electron chi connectivity index (χ3n) is 1.16. The van der Waals surface area contributed by atoms with Crippen molar-refractivity contribution in [2.24, 2.45) is 5.11 Å². The number of azide groups is 1. The highest BCUT2D eigenvalue weighted by Gasteiger charge is 1.85. The van der Waals surface area contributed by atoms with E-state index >= 15 is 0 Å². The van der Waals surface area contributed by atoms with Gasteiger partial charge in [-0.2, -0.15) is 0 Å². The summed E-state index contributed by atoms with van der Waals surface area (Å²) in [6.07, 6.45) is 0. The predicted octanol–water partition coefficient (Wildman–Crippen LogP) is 2.94. The molecule has 0 N–H and O–H groups in total. The fraction of sp³-hybridized carbons (Fsp3) is 0.143. The first-order valence-corrected chi connectivity index (χ1v) is 2.94. The molecule has 0 bridgehead atoms. The minimum absolute atomic E-state index is 0.669. The van der Waals surface area contributed by atoms with E-state index in [1.165, 1.54) is 0 Å². The van der Waals surface area contributed by atoms with Crippen molar-refractivity contribution in [2.75, 3.05) is 0 Å². The van der Waals surface area contributed by atoms with Gasteiger partial charge in [0.25, 0.3) is 0 Å². The number of rotatable bonds is 1. The van der Waals surface area contributed by atoms with Crippen LogP contribution in [0.25, 0.3) is 10.4 Å². The normalized spacial score (nSPS) is 8.50. The van der Waals surface area contributed by atoms with Crippen molar-refractivity contribution < 1.29 is 0 Å². The van der Waals surface area contributed by atoms with Gasteiger partial charge in [-0.15, -0.1) is 0 Å². The van der Waals surface area contributed by atoms with Crippen LogP contribution in [0.15, 0.2) is 29.4 Å². The average Bonchev–Trinajstić information content (AvgIpc) is 1.88. The predicted molar refractivity (Wildman–Crippen MR) is 40.0 cm³/mol. The Balaban J connectivity index is 3.06. The lowest BCUT2D eigenvalue weighted by atomic mass is 10.2. The molecule has 1 aromatic rings. The van der Waals surface area contributed by atoms with Gasteiger partial charge in [0.15, 0.2) is 0 Å². The smallest absolute Gasteiger partial charge is 0.0377 e. The van der Waals surface area contributed by atoms with Crippen molar-refractivity contribution >= 4 is 5.69 Å². The Kier molecular flexibility index (Phi) is 1.92. The first kappa shape index (κ1) is 6.65. The number of benzene rings is 1. The lowest BCUT2D eigenvalue weighted by Crippen LogP contribution is -1.66. The van der Waals surface area contributed by atoms with Crippen LogP contribution >= 0.6 is 0 Å². The maximum atomic E-state index is 8.07. The zero-order chi connectivity index (χ0) is 7.40. The molecule has 0 spiro atoms. The molecule has 0 aromatic heterocycles. The van der Waals surface area contributed by atoms with Crippen LogP contribution in [0.5, 0.6) is 0 Å². The third kappa shape index (κ3) is 1.50. The van der Waals surface area contributed by atoms with E-state index < -0.39 is 0 Å². The highest BCUT2D eigenvalue weighted by molar-refractivity contribution is 5.39. The van der Waals surface area contributed by atoms with Crippen LogP contribution in [0.2, 0.25) is 0 Å². The number of nitrogens with zero attached hydrogens (tertiary/aromatic N) is 3. The molecule has 0 unspecified atom stereocenters. The van der Waals surface area contributed by atoms with Crippen LogP contribution in [0, 0.1) is 6.92 Å². The van der Waals surface area contributed by atoms with E-state index in [4.69, 9.17) is 5.53 Å². The molecule has 0 saturated carbocycles. The summed E-state index contributed by atoms with van der Waals surface area (Å²) in [5.41, 5.74) is 9.84. The Morgan fingerprint density at radius 3 is 2.90 bits per heavy atom. The summed E-state index contributed by atoms with van der Waals surface area (Å²) >= 11 is 0. The molecule has 3 nitrogen and oxygen atoms in total. The molecule has 0 amide bonds. The van der Waals surface area contributed by atoms with Gasteiger partial charge < -0.3 is 0 Å². The Labute approximate surface area is 58.9 Å². The third-order valence-corrected chi connectivity index (χ3v) is 1.16. The Morgan fingerprint density at radius 2 is 2.30 bits per heavy atom. The van der Waals surface area contributed by atoms with E-state index in [1.807, 2.05) is 25.1 Å². The summed E-state index contributed by atoms with van der Waals surface area (Å²) < 4.78 is 0. The van der Waals surface area contributed by atoms with Gasteiger partial charge in [0.1, 0.15) is 0 Å². The molecular formula is C7H7N3. The molecule has 3 heteroatoms. The highest BCUT2D eigenvalue weighted by atomic mass is 15.1. The van der Waals surface area contributed by atoms with Gasteiger partial charge in [-0.3, -0.25) is 0 Å². The van der Waals surface area contributed by atoms with Crippen LogP contribution in [-0.4, -0.2) is 0 Å². The molecule has 0 aliphatic carbocycles. The maximum absolute atomic E-state index is 8.07. The molecule has 0 aliphatic heterocycles. The summed E-state index contributed by atoms with van der Waals surface area (Å²) in [4.78, 5) is 2.67. The van der Waals surface area contributed by atoms with Gasteiger partial charge in [-0.05, 0) is 18.5 Å². The first-order valence-electron chi connectivity index (χ1n) is 2.94. The number of hydrogen-bond donors (Lipinski definition) is 0. The van der Waals surface area contributed by atoms with E-state index in [2.05, 4.69) is 10.0 Å². The van der Waals surface area contributed by atoms with Crippen LogP contribution in [0.1, 0.15) is 5.56 Å². The second-order valence-electron chi connectivity index (χ2n) is 2.03. The van der Waals surface area contributed by atoms with Crippen molar-refractivity contribution in [3.63, 3.8) is 0 Å². The van der Waals surface area contributed by atoms with Gasteiger partial charge in [-0.1, -0.05) is 28.9 Å². The Bertz CT molecular complexity index is 274. The Hall–Kier alpha value is -1.47. The molecule has 0 fully saturated rings. The molecule has 0 atom stereocenters. The van der Waals surface area contributed by atoms with Crippen molar-refractivity contribution in [2.45, 2.75) is 6.92 Å². The highest BCUT2D eigenvalue weighted by Crippen LogP contribution is 2.12. The maximum Gasteiger partial charge on any atom is 0.0377 e. The number of aryl methyl sites for hydroxylation is 1. The van der Waals surface area contributed by atoms with Crippen LogP contribution in [0.3, 0.4) is 0 Å². The molecule has 0 aliphatic rings. The summed E-state index contributed by atoms with van der Waals surface area (Å²) in [5.74, 6) is 0. The Morgan fingerprint density at radius 1 is 1.50 bits per heavy atom. The SMILES string of the molecule is Cc1cccc(N=[N+]=[N-])c1. The van der Waals surface area contributed by atoms with Crippen molar-refractivity contribution in [1.29, 1.82) is 0 Å². The molecule has 0 radical (unpaired) electrons.